The number of hydrogen-bond acceptors (Lipinski definition) is 4. The molecule has 1 aromatic heterocycles. The minimum absolute atomic E-state index is 0.121. The molecule has 0 bridgehead atoms. The van der Waals surface area contributed by atoms with Crippen LogP contribution in [0.2, 0.25) is 0 Å². The van der Waals surface area contributed by atoms with Crippen LogP contribution in [0, 0.1) is 0 Å². The smallest absolute Gasteiger partial charge is 0.375 e. The number of likely N-dealkylation sites (N-methyl/N-ethyl adjacent to an activating group) is 1. The largest absolute Gasteiger partial charge is 0.449 e. The Morgan fingerprint density at radius 3 is 2.62 bits per heavy atom. The first-order valence-corrected chi connectivity index (χ1v) is 8.52. The van der Waals surface area contributed by atoms with Gasteiger partial charge in [-0.3, -0.25) is 4.79 Å². The molecule has 1 aromatic carbocycles. The van der Waals surface area contributed by atoms with Crippen LogP contribution in [-0.2, 0) is 9.53 Å². The lowest BCUT2D eigenvalue weighted by Crippen LogP contribution is -2.44. The second-order valence-electron chi connectivity index (χ2n) is 6.44. The summed E-state index contributed by atoms with van der Waals surface area (Å²) in [5, 5.41) is 0.836. The summed E-state index contributed by atoms with van der Waals surface area (Å²) in [4.78, 5) is 26.5. The summed E-state index contributed by atoms with van der Waals surface area (Å²) in [6.07, 6.45) is 4.75. The number of hydrogen-bond donors (Lipinski definition) is 0. The van der Waals surface area contributed by atoms with Gasteiger partial charge in [-0.2, -0.15) is 0 Å². The van der Waals surface area contributed by atoms with Crippen LogP contribution in [0.3, 0.4) is 0 Å². The van der Waals surface area contributed by atoms with E-state index in [4.69, 9.17) is 9.15 Å². The van der Waals surface area contributed by atoms with Crippen LogP contribution in [0.4, 0.5) is 0 Å². The normalized spacial score (nSPS) is 16.8. The molecule has 1 saturated carbocycles. The highest BCUT2D eigenvalue weighted by atomic mass is 16.6. The molecule has 1 atom stereocenters. The number of rotatable bonds is 4. The Balaban J connectivity index is 1.63. The van der Waals surface area contributed by atoms with Crippen LogP contribution < -0.4 is 0 Å². The highest BCUT2D eigenvalue weighted by Gasteiger charge is 2.28. The van der Waals surface area contributed by atoms with E-state index in [0.717, 1.165) is 31.1 Å². The molecule has 0 N–H and O–H groups in total. The van der Waals surface area contributed by atoms with Crippen LogP contribution in [-0.4, -0.2) is 36.0 Å². The molecule has 3 rings (SSSR count). The number of furan rings is 1. The molecule has 1 aliphatic rings. The van der Waals surface area contributed by atoms with E-state index in [0.29, 0.717) is 5.58 Å². The molecule has 0 radical (unpaired) electrons. The Hall–Kier alpha value is -2.30. The van der Waals surface area contributed by atoms with E-state index >= 15 is 0 Å². The monoisotopic (exact) mass is 329 g/mol. The predicted molar refractivity (Wildman–Crippen MR) is 90.7 cm³/mol. The first kappa shape index (κ1) is 16.6. The molecule has 0 unspecified atom stereocenters. The van der Waals surface area contributed by atoms with Gasteiger partial charge in [0.2, 0.25) is 5.76 Å². The molecule has 24 heavy (non-hydrogen) atoms. The number of esters is 1. The van der Waals surface area contributed by atoms with Gasteiger partial charge in [0.05, 0.1) is 0 Å². The molecular weight excluding hydrogens is 306 g/mol. The zero-order valence-electron chi connectivity index (χ0n) is 14.2. The van der Waals surface area contributed by atoms with Crippen molar-refractivity contribution in [2.24, 2.45) is 0 Å². The minimum Gasteiger partial charge on any atom is -0.449 e. The van der Waals surface area contributed by atoms with Gasteiger partial charge in [-0.25, -0.2) is 4.79 Å². The van der Waals surface area contributed by atoms with Gasteiger partial charge < -0.3 is 14.1 Å². The van der Waals surface area contributed by atoms with E-state index in [1.807, 2.05) is 18.2 Å². The number of carbonyl (C=O) groups is 2. The highest BCUT2D eigenvalue weighted by Crippen LogP contribution is 2.23. The average molecular weight is 329 g/mol. The van der Waals surface area contributed by atoms with E-state index in [1.165, 1.54) is 6.42 Å². The van der Waals surface area contributed by atoms with Crippen molar-refractivity contribution < 1.29 is 18.7 Å². The van der Waals surface area contributed by atoms with E-state index in [9.17, 15) is 9.59 Å². The number of ether oxygens (including phenoxy) is 1. The van der Waals surface area contributed by atoms with Gasteiger partial charge in [-0.05, 0) is 31.9 Å². The summed E-state index contributed by atoms with van der Waals surface area (Å²) in [6.45, 7) is 1.61. The Kier molecular flexibility index (Phi) is 4.88. The standard InChI is InChI=1S/C19H23NO4/c1-13(18(21)20(2)15-9-4-3-5-10-15)23-19(22)17-12-14-8-6-7-11-16(14)24-17/h6-8,11-13,15H,3-5,9-10H2,1-2H3/t13-/m1/s1. The van der Waals surface area contributed by atoms with Gasteiger partial charge in [0.25, 0.3) is 5.91 Å². The topological polar surface area (TPSA) is 59.8 Å². The Labute approximate surface area is 141 Å². The maximum absolute atomic E-state index is 12.5. The Morgan fingerprint density at radius 2 is 1.92 bits per heavy atom. The van der Waals surface area contributed by atoms with E-state index < -0.39 is 12.1 Å². The van der Waals surface area contributed by atoms with Crippen molar-refractivity contribution in [2.75, 3.05) is 7.05 Å². The zero-order chi connectivity index (χ0) is 17.1. The summed E-state index contributed by atoms with van der Waals surface area (Å²) in [7, 11) is 1.80. The number of benzene rings is 1. The van der Waals surface area contributed by atoms with Gasteiger partial charge >= 0.3 is 5.97 Å². The fourth-order valence-electron chi connectivity index (χ4n) is 3.29. The van der Waals surface area contributed by atoms with Crippen LogP contribution in [0.5, 0.6) is 0 Å². The maximum Gasteiger partial charge on any atom is 0.375 e. The Bertz CT molecular complexity index is 697. The molecule has 1 heterocycles. The van der Waals surface area contributed by atoms with Gasteiger partial charge in [0, 0.05) is 18.5 Å². The number of fused-ring (bicyclic) bond motifs is 1. The van der Waals surface area contributed by atoms with E-state index in [-0.39, 0.29) is 17.7 Å². The van der Waals surface area contributed by atoms with Crippen LogP contribution in [0.1, 0.15) is 49.6 Å². The van der Waals surface area contributed by atoms with Crippen molar-refractivity contribution in [3.8, 4) is 0 Å². The SMILES string of the molecule is C[C@@H](OC(=O)c1cc2ccccc2o1)C(=O)N(C)C1CCCCC1. The van der Waals surface area contributed by atoms with Crippen molar-refractivity contribution in [1.82, 2.24) is 4.90 Å². The molecule has 2 aromatic rings. The fourth-order valence-corrected chi connectivity index (χ4v) is 3.29. The van der Waals surface area contributed by atoms with Gasteiger partial charge in [-0.15, -0.1) is 0 Å². The third-order valence-corrected chi connectivity index (χ3v) is 4.73. The summed E-state index contributed by atoms with van der Waals surface area (Å²) < 4.78 is 10.8. The molecule has 5 nitrogen and oxygen atoms in total. The van der Waals surface area contributed by atoms with E-state index in [2.05, 4.69) is 0 Å². The Morgan fingerprint density at radius 1 is 1.21 bits per heavy atom. The molecule has 0 spiro atoms. The quantitative estimate of drug-likeness (QED) is 0.801. The van der Waals surface area contributed by atoms with Crippen molar-refractivity contribution >= 4 is 22.8 Å². The first-order chi connectivity index (χ1) is 11.6. The van der Waals surface area contributed by atoms with Crippen molar-refractivity contribution in [3.63, 3.8) is 0 Å². The number of amides is 1. The van der Waals surface area contributed by atoms with Crippen LogP contribution in [0.25, 0.3) is 11.0 Å². The maximum atomic E-state index is 12.5. The number of carbonyl (C=O) groups excluding carboxylic acids is 2. The molecule has 128 valence electrons. The first-order valence-electron chi connectivity index (χ1n) is 8.52. The lowest BCUT2D eigenvalue weighted by atomic mass is 9.94. The third kappa shape index (κ3) is 3.45. The predicted octanol–water partition coefficient (Wildman–Crippen LogP) is 3.77. The van der Waals surface area contributed by atoms with Gasteiger partial charge in [-0.1, -0.05) is 37.5 Å². The zero-order valence-corrected chi connectivity index (χ0v) is 14.2. The van der Waals surface area contributed by atoms with Gasteiger partial charge in [0.1, 0.15) is 5.58 Å². The number of para-hydroxylation sites is 1. The second-order valence-corrected chi connectivity index (χ2v) is 6.44. The second kappa shape index (κ2) is 7.07. The summed E-state index contributed by atoms with van der Waals surface area (Å²) in [6, 6.07) is 9.25. The molecule has 5 heteroatoms. The van der Waals surface area contributed by atoms with Gasteiger partial charge in [0.15, 0.2) is 6.10 Å². The molecular formula is C19H23NO4. The van der Waals surface area contributed by atoms with Crippen molar-refractivity contribution in [2.45, 2.75) is 51.2 Å². The van der Waals surface area contributed by atoms with E-state index in [1.54, 1.807) is 31.0 Å². The van der Waals surface area contributed by atoms with Crippen molar-refractivity contribution in [3.05, 3.63) is 36.1 Å². The molecule has 1 aliphatic carbocycles. The number of nitrogens with zero attached hydrogens (tertiary/aromatic N) is 1. The lowest BCUT2D eigenvalue weighted by Gasteiger charge is -2.32. The molecule has 1 amide bonds. The van der Waals surface area contributed by atoms with Crippen molar-refractivity contribution in [1.29, 1.82) is 0 Å². The molecule has 0 aliphatic heterocycles. The fraction of sp³-hybridized carbons (Fsp3) is 0.474. The molecule has 0 saturated heterocycles. The van der Waals surface area contributed by atoms with Crippen LogP contribution >= 0.6 is 0 Å². The third-order valence-electron chi connectivity index (χ3n) is 4.73. The minimum atomic E-state index is -0.822. The van der Waals surface area contributed by atoms with Crippen LogP contribution in [0.15, 0.2) is 34.7 Å². The summed E-state index contributed by atoms with van der Waals surface area (Å²) in [5.74, 6) is -0.647. The molecule has 1 fully saturated rings. The summed E-state index contributed by atoms with van der Waals surface area (Å²) >= 11 is 0. The highest BCUT2D eigenvalue weighted by molar-refractivity contribution is 5.94. The average Bonchev–Trinajstić information content (AvgIpc) is 3.05. The summed E-state index contributed by atoms with van der Waals surface area (Å²) in [5.41, 5.74) is 0.628. The lowest BCUT2D eigenvalue weighted by molar-refractivity contribution is -0.141.